The van der Waals surface area contributed by atoms with Gasteiger partial charge in [0.05, 0.1) is 6.54 Å². The van der Waals surface area contributed by atoms with Crippen molar-refractivity contribution < 1.29 is 47.9 Å². The Morgan fingerprint density at radius 2 is 0.671 bits per heavy atom. The molecule has 0 aliphatic carbocycles. The number of aliphatic imine (C=N–C) groups is 1. The molecule has 24 heteroatoms. The maximum atomic E-state index is 14.4. The molecule has 10 amide bonds. The average molecular weight is 1120 g/mol. The van der Waals surface area contributed by atoms with Gasteiger partial charge in [-0.1, -0.05) is 96.9 Å². The van der Waals surface area contributed by atoms with Gasteiger partial charge in [-0.2, -0.15) is 0 Å². The quantitative estimate of drug-likeness (QED) is 0.0426. The first-order valence-corrected chi connectivity index (χ1v) is 28.6. The zero-order valence-electron chi connectivity index (χ0n) is 49.9. The number of hydrogen-bond acceptors (Lipinski definition) is 12. The van der Waals surface area contributed by atoms with Crippen LogP contribution >= 0.6 is 0 Å². The molecule has 1 aliphatic rings. The number of hydrogen-bond donors (Lipinski definition) is 13. The fraction of sp³-hybridized carbons (Fsp3) is 0.800. The summed E-state index contributed by atoms with van der Waals surface area (Å²) in [6.45, 7) is 25.4. The lowest BCUT2D eigenvalue weighted by Gasteiger charge is -2.30. The van der Waals surface area contributed by atoms with Gasteiger partial charge in [0.2, 0.25) is 59.1 Å². The lowest BCUT2D eigenvalue weighted by Crippen LogP contribution is -2.61. The van der Waals surface area contributed by atoms with E-state index in [2.05, 4.69) is 58.2 Å². The fourth-order valence-corrected chi connectivity index (χ4v) is 8.97. The molecule has 1 rings (SSSR count). The van der Waals surface area contributed by atoms with E-state index in [-0.39, 0.29) is 106 Å². The molecular formula is C55H102N14O10. The smallest absolute Gasteiger partial charge is 0.243 e. The Labute approximate surface area is 469 Å². The van der Waals surface area contributed by atoms with E-state index in [4.69, 9.17) is 17.2 Å². The Hall–Kier alpha value is -6.07. The predicted molar refractivity (Wildman–Crippen MR) is 305 cm³/mol. The molecular weight excluding hydrogens is 1020 g/mol. The maximum Gasteiger partial charge on any atom is 0.243 e. The van der Waals surface area contributed by atoms with E-state index in [0.29, 0.717) is 19.4 Å². The first kappa shape index (κ1) is 70.9. The van der Waals surface area contributed by atoms with Crippen molar-refractivity contribution in [2.75, 3.05) is 19.6 Å². The van der Waals surface area contributed by atoms with Crippen molar-refractivity contribution in [2.45, 2.75) is 222 Å². The number of nitrogens with one attached hydrogen (secondary N) is 10. The largest absolute Gasteiger partial charge is 0.370 e. The number of carbonyl (C=O) groups excluding carboxylic acids is 10. The van der Waals surface area contributed by atoms with Gasteiger partial charge < -0.3 is 70.4 Å². The molecule has 1 aliphatic heterocycles. The fourth-order valence-electron chi connectivity index (χ4n) is 8.97. The Morgan fingerprint density at radius 3 is 0.962 bits per heavy atom. The zero-order valence-corrected chi connectivity index (χ0v) is 49.9. The van der Waals surface area contributed by atoms with Gasteiger partial charge in [0.15, 0.2) is 5.96 Å². The average Bonchev–Trinajstić information content (AvgIpc) is 3.32. The summed E-state index contributed by atoms with van der Waals surface area (Å²) >= 11 is 0. The van der Waals surface area contributed by atoms with Gasteiger partial charge >= 0.3 is 0 Å². The summed E-state index contributed by atoms with van der Waals surface area (Å²) < 4.78 is 0. The van der Waals surface area contributed by atoms with Crippen LogP contribution in [0.3, 0.4) is 0 Å². The summed E-state index contributed by atoms with van der Waals surface area (Å²) in [5.74, 6) is -8.56. The van der Waals surface area contributed by atoms with E-state index in [1.165, 1.54) is 0 Å². The van der Waals surface area contributed by atoms with Crippen molar-refractivity contribution in [3.05, 3.63) is 0 Å². The van der Waals surface area contributed by atoms with Crippen LogP contribution in [0.2, 0.25) is 0 Å². The monoisotopic (exact) mass is 1120 g/mol. The van der Waals surface area contributed by atoms with Gasteiger partial charge in [-0.25, -0.2) is 0 Å². The number of nitrogens with two attached hydrogens (primary N) is 3. The lowest BCUT2D eigenvalue weighted by atomic mass is 9.97. The summed E-state index contributed by atoms with van der Waals surface area (Å²) in [7, 11) is 0. The molecule has 1 saturated heterocycles. The van der Waals surface area contributed by atoms with Crippen LogP contribution in [-0.4, -0.2) is 139 Å². The topological polar surface area (TPSA) is 381 Å². The number of amides is 10. The molecule has 1 fully saturated rings. The normalized spacial score (nSPS) is 24.8. The molecule has 0 aromatic rings. The van der Waals surface area contributed by atoms with Crippen molar-refractivity contribution in [3.63, 3.8) is 0 Å². The summed E-state index contributed by atoms with van der Waals surface area (Å²) in [5.41, 5.74) is 16.9. The Bertz CT molecular complexity index is 2030. The molecule has 0 spiro atoms. The number of carbonyl (C=O) groups is 10. The van der Waals surface area contributed by atoms with E-state index < -0.39 is 126 Å². The van der Waals surface area contributed by atoms with Crippen molar-refractivity contribution in [2.24, 2.45) is 63.6 Å². The van der Waals surface area contributed by atoms with Gasteiger partial charge in [-0.05, 0) is 119 Å². The van der Waals surface area contributed by atoms with Crippen molar-refractivity contribution in [1.29, 1.82) is 0 Å². The predicted octanol–water partition coefficient (Wildman–Crippen LogP) is 0.595. The highest BCUT2D eigenvalue weighted by Gasteiger charge is 2.37. The van der Waals surface area contributed by atoms with Crippen LogP contribution in [0.4, 0.5) is 0 Å². The van der Waals surface area contributed by atoms with Gasteiger partial charge in [-0.3, -0.25) is 52.9 Å². The molecule has 9 atom stereocenters. The molecule has 79 heavy (non-hydrogen) atoms. The SMILES string of the molecule is CC(C)C[C@@H]1NC(=O)[C@@H](CC(C)C)NC(=O)[C@H](CC(C)C)NC(=O)[C@@H](CC(C)C)NC(=O)[C@H](CCCCN)NC(=O)[C@@H](C(C)C)NC(=O)CNC(=O)[C@@H](CC(C)C)NC(=O)[C@H](CCCN=C(N)N)NC(=O)[C@@H](CC(C)C)NC1=O. The van der Waals surface area contributed by atoms with E-state index in [1.807, 2.05) is 83.1 Å². The highest BCUT2D eigenvalue weighted by atomic mass is 16.2. The van der Waals surface area contributed by atoms with E-state index in [9.17, 15) is 47.9 Å². The second-order valence-electron chi connectivity index (χ2n) is 24.0. The van der Waals surface area contributed by atoms with Gasteiger partial charge in [0, 0.05) is 6.54 Å². The summed E-state index contributed by atoms with van der Waals surface area (Å²) in [6, 6.07) is -10.8. The number of nitrogens with zero attached hydrogens (tertiary/aromatic N) is 1. The van der Waals surface area contributed by atoms with Crippen LogP contribution in [0.25, 0.3) is 0 Å². The molecule has 0 bridgehead atoms. The Morgan fingerprint density at radius 1 is 0.392 bits per heavy atom. The van der Waals surface area contributed by atoms with Crippen LogP contribution in [0.5, 0.6) is 0 Å². The van der Waals surface area contributed by atoms with Gasteiger partial charge in [0.25, 0.3) is 0 Å². The van der Waals surface area contributed by atoms with Crippen LogP contribution in [0, 0.1) is 41.4 Å². The first-order valence-electron chi connectivity index (χ1n) is 28.6. The Kier molecular flexibility index (Phi) is 32.5. The van der Waals surface area contributed by atoms with E-state index in [1.54, 1.807) is 13.8 Å². The second kappa shape index (κ2) is 36.2. The summed E-state index contributed by atoms with van der Waals surface area (Å²) in [4.78, 5) is 146. The third kappa shape index (κ3) is 28.6. The van der Waals surface area contributed by atoms with Crippen molar-refractivity contribution >= 4 is 65.0 Å². The summed E-state index contributed by atoms with van der Waals surface area (Å²) in [6.07, 6.45) is 2.08. The Balaban J connectivity index is 4.11. The van der Waals surface area contributed by atoms with Gasteiger partial charge in [0.1, 0.15) is 54.4 Å². The minimum Gasteiger partial charge on any atom is -0.370 e. The molecule has 16 N–H and O–H groups in total. The van der Waals surface area contributed by atoms with Crippen molar-refractivity contribution in [1.82, 2.24) is 53.2 Å². The number of unbranched alkanes of at least 4 members (excludes halogenated alkanes) is 1. The highest BCUT2D eigenvalue weighted by Crippen LogP contribution is 2.16. The second-order valence-corrected chi connectivity index (χ2v) is 24.0. The van der Waals surface area contributed by atoms with E-state index >= 15 is 0 Å². The number of guanidine groups is 1. The molecule has 0 saturated carbocycles. The molecule has 0 unspecified atom stereocenters. The molecule has 24 nitrogen and oxygen atoms in total. The first-order chi connectivity index (χ1) is 36.8. The third-order valence-electron chi connectivity index (χ3n) is 12.9. The number of rotatable bonds is 21. The minimum absolute atomic E-state index is 0.00145. The zero-order chi connectivity index (χ0) is 60.3. The van der Waals surface area contributed by atoms with Crippen molar-refractivity contribution in [3.8, 4) is 0 Å². The van der Waals surface area contributed by atoms with Crippen LogP contribution in [0.15, 0.2) is 4.99 Å². The molecule has 0 aromatic heterocycles. The van der Waals surface area contributed by atoms with Crippen LogP contribution in [0.1, 0.15) is 168 Å². The molecule has 0 aromatic carbocycles. The third-order valence-corrected chi connectivity index (χ3v) is 12.9. The standard InChI is InChI=1S/C55H102N14O10/c1-29(2)22-38-46(71)60-28-44(70)69-45(35(13)14)54(79)62-36(18-15-16-20-56)47(72)64-40(24-31(5)6)50(75)66-42(26-33(9)10)52(77)68-43(27-34(11)12)53(78)67-41(25-32(7)8)51(76)65-39(23-30(3)4)49(74)61-37(48(73)63-38)19-17-21-59-55(57)58/h29-43,45H,15-28,56H2,1-14H3,(H,60,71)(H,61,74)(H,62,79)(H,63,73)(H,64,72)(H,65,76)(H,66,75)(H,67,78)(H,68,77)(H,69,70)(H4,57,58,59)/t36-,37-,38+,39+,40+,41-,42-,43+,45+/m0/s1. The highest BCUT2D eigenvalue weighted by molar-refractivity contribution is 5.99. The molecule has 452 valence electrons. The maximum absolute atomic E-state index is 14.4. The lowest BCUT2D eigenvalue weighted by molar-refractivity contribution is -0.137. The summed E-state index contributed by atoms with van der Waals surface area (Å²) in [5, 5.41) is 27.6. The molecule has 1 heterocycles. The van der Waals surface area contributed by atoms with Crippen LogP contribution < -0.4 is 70.4 Å². The van der Waals surface area contributed by atoms with Crippen LogP contribution in [-0.2, 0) is 47.9 Å². The molecule has 0 radical (unpaired) electrons. The van der Waals surface area contributed by atoms with E-state index in [0.717, 1.165) is 0 Å². The van der Waals surface area contributed by atoms with Gasteiger partial charge in [-0.15, -0.1) is 0 Å². The minimum atomic E-state index is -1.28.